The van der Waals surface area contributed by atoms with Crippen LogP contribution in [0.3, 0.4) is 0 Å². The number of nitrogens with one attached hydrogen (secondary N) is 1. The van der Waals surface area contributed by atoms with Gasteiger partial charge in [0, 0.05) is 25.8 Å². The van der Waals surface area contributed by atoms with E-state index < -0.39 is 0 Å². The van der Waals surface area contributed by atoms with Crippen molar-refractivity contribution in [2.75, 3.05) is 25.0 Å². The molecule has 1 rings (SSSR count). The summed E-state index contributed by atoms with van der Waals surface area (Å²) in [6, 6.07) is 1.75. The molecule has 0 aliphatic heterocycles. The highest BCUT2D eigenvalue weighted by Gasteiger charge is 2.18. The quantitative estimate of drug-likeness (QED) is 0.793. The molecule has 0 aliphatic carbocycles. The van der Waals surface area contributed by atoms with E-state index in [4.69, 9.17) is 11.6 Å². The number of anilines is 1. The van der Waals surface area contributed by atoms with Gasteiger partial charge in [-0.15, -0.1) is 0 Å². The van der Waals surface area contributed by atoms with Crippen LogP contribution in [0.4, 0.5) is 5.82 Å². The standard InChI is InChI=1S/C15H24ClN3O/c1-4-7-17-14-10-12(13(16)11-18-14)15(20)19(8-5-2)9-6-3/h10-11H,4-9H2,1-3H3,(H,17,18). The first kappa shape index (κ1) is 16.8. The molecular formula is C15H24ClN3O. The van der Waals surface area contributed by atoms with Gasteiger partial charge in [0.15, 0.2) is 0 Å². The molecule has 20 heavy (non-hydrogen) atoms. The predicted octanol–water partition coefficient (Wildman–Crippen LogP) is 3.82. The minimum atomic E-state index is -0.0133. The van der Waals surface area contributed by atoms with Crippen molar-refractivity contribution in [1.82, 2.24) is 9.88 Å². The van der Waals surface area contributed by atoms with Gasteiger partial charge in [-0.3, -0.25) is 4.79 Å². The molecular weight excluding hydrogens is 274 g/mol. The SMILES string of the molecule is CCCNc1cc(C(=O)N(CCC)CCC)c(Cl)cn1. The van der Waals surface area contributed by atoms with E-state index in [-0.39, 0.29) is 5.91 Å². The second kappa shape index (κ2) is 8.80. The van der Waals surface area contributed by atoms with Crippen LogP contribution in [0, 0.1) is 0 Å². The molecule has 0 bridgehead atoms. The summed E-state index contributed by atoms with van der Waals surface area (Å²) in [6.07, 6.45) is 4.43. The summed E-state index contributed by atoms with van der Waals surface area (Å²) in [6.45, 7) is 8.55. The first-order valence-electron chi connectivity index (χ1n) is 7.32. The van der Waals surface area contributed by atoms with Crippen molar-refractivity contribution < 1.29 is 4.79 Å². The fraction of sp³-hybridized carbons (Fsp3) is 0.600. The zero-order valence-electron chi connectivity index (χ0n) is 12.6. The van der Waals surface area contributed by atoms with Gasteiger partial charge in [-0.25, -0.2) is 4.98 Å². The molecule has 1 N–H and O–H groups in total. The van der Waals surface area contributed by atoms with E-state index in [0.29, 0.717) is 16.4 Å². The zero-order chi connectivity index (χ0) is 15.0. The topological polar surface area (TPSA) is 45.2 Å². The third-order valence-corrected chi connectivity index (χ3v) is 3.22. The lowest BCUT2D eigenvalue weighted by atomic mass is 10.2. The number of amides is 1. The van der Waals surface area contributed by atoms with Gasteiger partial charge in [0.25, 0.3) is 5.91 Å². The second-order valence-electron chi connectivity index (χ2n) is 4.77. The molecule has 0 fully saturated rings. The number of halogens is 1. The summed E-state index contributed by atoms with van der Waals surface area (Å²) in [5, 5.41) is 3.59. The average molecular weight is 298 g/mol. The van der Waals surface area contributed by atoms with Crippen LogP contribution in [0.15, 0.2) is 12.3 Å². The van der Waals surface area contributed by atoms with E-state index in [2.05, 4.69) is 31.1 Å². The highest BCUT2D eigenvalue weighted by Crippen LogP contribution is 2.20. The lowest BCUT2D eigenvalue weighted by Crippen LogP contribution is -2.32. The number of nitrogens with zero attached hydrogens (tertiary/aromatic N) is 2. The Hall–Kier alpha value is -1.29. The van der Waals surface area contributed by atoms with Crippen molar-refractivity contribution in [1.29, 1.82) is 0 Å². The zero-order valence-corrected chi connectivity index (χ0v) is 13.3. The molecule has 0 unspecified atom stereocenters. The van der Waals surface area contributed by atoms with Gasteiger partial charge in [0.2, 0.25) is 0 Å². The maximum atomic E-state index is 12.6. The molecule has 0 radical (unpaired) electrons. The van der Waals surface area contributed by atoms with Gasteiger partial charge < -0.3 is 10.2 Å². The van der Waals surface area contributed by atoms with Gasteiger partial charge in [0.1, 0.15) is 5.82 Å². The average Bonchev–Trinajstić information content (AvgIpc) is 2.45. The highest BCUT2D eigenvalue weighted by atomic mass is 35.5. The molecule has 5 heteroatoms. The van der Waals surface area contributed by atoms with Crippen molar-refractivity contribution in [2.24, 2.45) is 0 Å². The Kier molecular flexibility index (Phi) is 7.37. The van der Waals surface area contributed by atoms with Gasteiger partial charge in [-0.1, -0.05) is 32.4 Å². The molecule has 0 spiro atoms. The van der Waals surface area contributed by atoms with E-state index >= 15 is 0 Å². The molecule has 112 valence electrons. The van der Waals surface area contributed by atoms with Crippen LogP contribution in [0.25, 0.3) is 0 Å². The second-order valence-corrected chi connectivity index (χ2v) is 5.18. The van der Waals surface area contributed by atoms with E-state index in [0.717, 1.165) is 38.9 Å². The Balaban J connectivity index is 2.94. The van der Waals surface area contributed by atoms with Crippen molar-refractivity contribution in [3.05, 3.63) is 22.8 Å². The van der Waals surface area contributed by atoms with Crippen molar-refractivity contribution in [2.45, 2.75) is 40.0 Å². The highest BCUT2D eigenvalue weighted by molar-refractivity contribution is 6.33. The lowest BCUT2D eigenvalue weighted by molar-refractivity contribution is 0.0755. The van der Waals surface area contributed by atoms with Crippen LogP contribution in [0.1, 0.15) is 50.4 Å². The molecule has 0 atom stereocenters. The first-order chi connectivity index (χ1) is 9.63. The number of hydrogen-bond donors (Lipinski definition) is 1. The maximum Gasteiger partial charge on any atom is 0.255 e. The minimum absolute atomic E-state index is 0.0133. The van der Waals surface area contributed by atoms with Crippen molar-refractivity contribution in [3.63, 3.8) is 0 Å². The summed E-state index contributed by atoms with van der Waals surface area (Å²) in [5.74, 6) is 0.688. The number of pyridine rings is 1. The maximum absolute atomic E-state index is 12.6. The largest absolute Gasteiger partial charge is 0.370 e. The Morgan fingerprint density at radius 1 is 1.25 bits per heavy atom. The number of aromatic nitrogens is 1. The molecule has 1 heterocycles. The van der Waals surface area contributed by atoms with Gasteiger partial charge in [-0.05, 0) is 25.3 Å². The van der Waals surface area contributed by atoms with Crippen LogP contribution < -0.4 is 5.32 Å². The Bertz CT molecular complexity index is 431. The summed E-state index contributed by atoms with van der Waals surface area (Å²) >= 11 is 6.13. The molecule has 0 aliphatic rings. The molecule has 0 aromatic carbocycles. The van der Waals surface area contributed by atoms with Crippen LogP contribution in [-0.4, -0.2) is 35.4 Å². The summed E-state index contributed by atoms with van der Waals surface area (Å²) in [7, 11) is 0. The third kappa shape index (κ3) is 4.67. The smallest absolute Gasteiger partial charge is 0.255 e. The van der Waals surface area contributed by atoms with Gasteiger partial charge >= 0.3 is 0 Å². The van der Waals surface area contributed by atoms with Gasteiger partial charge in [0.05, 0.1) is 10.6 Å². The Morgan fingerprint density at radius 3 is 2.45 bits per heavy atom. The number of carbonyl (C=O) groups is 1. The summed E-state index contributed by atoms with van der Waals surface area (Å²) in [4.78, 5) is 18.6. The van der Waals surface area contributed by atoms with Crippen molar-refractivity contribution in [3.8, 4) is 0 Å². The molecule has 0 saturated heterocycles. The van der Waals surface area contributed by atoms with E-state index in [1.807, 2.05) is 4.90 Å². The molecule has 0 saturated carbocycles. The van der Waals surface area contributed by atoms with Crippen LogP contribution >= 0.6 is 11.6 Å². The van der Waals surface area contributed by atoms with Crippen LogP contribution in [0.2, 0.25) is 5.02 Å². The van der Waals surface area contributed by atoms with Crippen molar-refractivity contribution >= 4 is 23.3 Å². The molecule has 4 nitrogen and oxygen atoms in total. The van der Waals surface area contributed by atoms with Gasteiger partial charge in [-0.2, -0.15) is 0 Å². The monoisotopic (exact) mass is 297 g/mol. The Labute approximate surface area is 126 Å². The molecule has 1 amide bonds. The van der Waals surface area contributed by atoms with E-state index in [9.17, 15) is 4.79 Å². The predicted molar refractivity (Wildman–Crippen MR) is 84.5 cm³/mol. The summed E-state index contributed by atoms with van der Waals surface area (Å²) < 4.78 is 0. The van der Waals surface area contributed by atoms with E-state index in [1.165, 1.54) is 0 Å². The Morgan fingerprint density at radius 2 is 1.90 bits per heavy atom. The van der Waals surface area contributed by atoms with E-state index in [1.54, 1.807) is 12.3 Å². The first-order valence-corrected chi connectivity index (χ1v) is 7.70. The third-order valence-electron chi connectivity index (χ3n) is 2.92. The van der Waals surface area contributed by atoms with Crippen LogP contribution in [0.5, 0.6) is 0 Å². The summed E-state index contributed by atoms with van der Waals surface area (Å²) in [5.41, 5.74) is 0.530. The number of rotatable bonds is 8. The fourth-order valence-corrected chi connectivity index (χ4v) is 2.16. The lowest BCUT2D eigenvalue weighted by Gasteiger charge is -2.22. The number of carbonyl (C=O) groups excluding carboxylic acids is 1. The normalized spacial score (nSPS) is 10.4. The minimum Gasteiger partial charge on any atom is -0.370 e. The number of hydrogen-bond acceptors (Lipinski definition) is 3. The molecule has 1 aromatic heterocycles. The fourth-order valence-electron chi connectivity index (χ4n) is 1.98. The molecule has 1 aromatic rings. The van der Waals surface area contributed by atoms with Crippen LogP contribution in [-0.2, 0) is 0 Å².